The number of nitrogens with zero attached hydrogens (tertiary/aromatic N) is 6. The largest absolute Gasteiger partial charge is 0.303 e. The van der Waals surface area contributed by atoms with Gasteiger partial charge in [-0.2, -0.15) is 20.5 Å². The monoisotopic (exact) mass is 455 g/mol. The molecule has 0 radical (unpaired) electrons. The van der Waals surface area contributed by atoms with Crippen molar-refractivity contribution in [2.45, 2.75) is 0 Å². The number of carbonyl (C=O) groups is 1. The summed E-state index contributed by atoms with van der Waals surface area (Å²) in [5.74, 6) is -0.401. The number of hydrazone groups is 2. The number of rotatable bonds is 5. The maximum atomic E-state index is 13.3. The minimum Gasteiger partial charge on any atom is -0.265 e. The molecule has 8 nitrogen and oxygen atoms in total. The number of aromatic nitrogens is 2. The maximum Gasteiger partial charge on any atom is 0.303 e. The topological polar surface area (TPSA) is 107 Å². The highest BCUT2D eigenvalue weighted by Gasteiger charge is 2.36. The number of thiazole rings is 2. The SMILES string of the molecule is N#Cc1ccc(C2=NN(c3nc(-c4ccccc4)cs3)C(=O)/C2=N\Nc2nccs2)cc1. The van der Waals surface area contributed by atoms with Gasteiger partial charge in [0.25, 0.3) is 0 Å². The first-order valence-electron chi connectivity index (χ1n) is 9.41. The molecule has 3 heterocycles. The zero-order chi connectivity index (χ0) is 21.9. The standard InChI is InChI=1S/C22H13N7OS2/c23-12-14-6-8-16(9-7-14)18-19(26-27-21-24-10-11-31-21)20(30)29(28-18)22-25-17(13-32-22)15-4-2-1-3-5-15/h1-11,13H,(H,24,27)/b26-19-. The van der Waals surface area contributed by atoms with Crippen LogP contribution in [0.25, 0.3) is 11.3 Å². The molecular weight excluding hydrogens is 442 g/mol. The summed E-state index contributed by atoms with van der Waals surface area (Å²) < 4.78 is 0. The first kappa shape index (κ1) is 19.7. The van der Waals surface area contributed by atoms with E-state index in [4.69, 9.17) is 5.26 Å². The summed E-state index contributed by atoms with van der Waals surface area (Å²) in [7, 11) is 0. The van der Waals surface area contributed by atoms with Gasteiger partial charge >= 0.3 is 5.91 Å². The summed E-state index contributed by atoms with van der Waals surface area (Å²) in [4.78, 5) is 22.0. The number of benzene rings is 2. The number of anilines is 2. The molecule has 0 atom stereocenters. The van der Waals surface area contributed by atoms with Crippen LogP contribution in [0.5, 0.6) is 0 Å². The summed E-state index contributed by atoms with van der Waals surface area (Å²) in [6.45, 7) is 0. The fourth-order valence-corrected chi connectivity index (χ4v) is 4.26. The Kier molecular flexibility index (Phi) is 5.25. The van der Waals surface area contributed by atoms with E-state index in [9.17, 15) is 4.79 Å². The highest BCUT2D eigenvalue weighted by molar-refractivity contribution is 7.14. The smallest absolute Gasteiger partial charge is 0.265 e. The number of nitrogens with one attached hydrogen (secondary N) is 1. The highest BCUT2D eigenvalue weighted by atomic mass is 32.1. The molecular formula is C22H13N7OS2. The van der Waals surface area contributed by atoms with Crippen molar-refractivity contribution in [1.29, 1.82) is 5.26 Å². The van der Waals surface area contributed by atoms with E-state index in [2.05, 4.69) is 31.7 Å². The van der Waals surface area contributed by atoms with Crippen molar-refractivity contribution in [3.05, 3.63) is 82.7 Å². The molecule has 0 aliphatic carbocycles. The lowest BCUT2D eigenvalue weighted by Gasteiger charge is -2.06. The average Bonchev–Trinajstić information content (AvgIpc) is 3.59. The second-order valence-corrected chi connectivity index (χ2v) is 8.28. The van der Waals surface area contributed by atoms with Crippen molar-refractivity contribution in [1.82, 2.24) is 9.97 Å². The van der Waals surface area contributed by atoms with Crippen molar-refractivity contribution in [2.75, 3.05) is 10.4 Å². The fraction of sp³-hybridized carbons (Fsp3) is 0. The number of hydrogen-bond donors (Lipinski definition) is 1. The molecule has 154 valence electrons. The van der Waals surface area contributed by atoms with Gasteiger partial charge in [0, 0.05) is 28.1 Å². The lowest BCUT2D eigenvalue weighted by Crippen LogP contribution is -2.28. The Labute approximate surface area is 190 Å². The van der Waals surface area contributed by atoms with Gasteiger partial charge in [0.2, 0.25) is 10.3 Å². The van der Waals surface area contributed by atoms with Gasteiger partial charge in [0.15, 0.2) is 5.71 Å². The Balaban J connectivity index is 1.52. The zero-order valence-corrected chi connectivity index (χ0v) is 18.0. The lowest BCUT2D eigenvalue weighted by molar-refractivity contribution is -0.112. The predicted octanol–water partition coefficient (Wildman–Crippen LogP) is 4.36. The molecule has 1 amide bonds. The molecule has 1 aliphatic rings. The molecule has 32 heavy (non-hydrogen) atoms. The van der Waals surface area contributed by atoms with Crippen LogP contribution in [0, 0.1) is 11.3 Å². The van der Waals surface area contributed by atoms with Crippen LogP contribution in [-0.2, 0) is 4.79 Å². The van der Waals surface area contributed by atoms with Crippen LogP contribution in [0.4, 0.5) is 10.3 Å². The lowest BCUT2D eigenvalue weighted by atomic mass is 10.0. The van der Waals surface area contributed by atoms with Crippen molar-refractivity contribution in [3.63, 3.8) is 0 Å². The van der Waals surface area contributed by atoms with E-state index >= 15 is 0 Å². The molecule has 0 saturated heterocycles. The third kappa shape index (κ3) is 3.78. The van der Waals surface area contributed by atoms with Crippen LogP contribution in [0.2, 0.25) is 0 Å². The van der Waals surface area contributed by atoms with Crippen molar-refractivity contribution < 1.29 is 4.79 Å². The predicted molar refractivity (Wildman–Crippen MR) is 126 cm³/mol. The molecule has 5 rings (SSSR count). The van der Waals surface area contributed by atoms with Gasteiger partial charge < -0.3 is 0 Å². The molecule has 4 aromatic rings. The molecule has 1 aliphatic heterocycles. The second-order valence-electron chi connectivity index (χ2n) is 6.55. The van der Waals surface area contributed by atoms with Gasteiger partial charge in [-0.05, 0) is 12.1 Å². The van der Waals surface area contributed by atoms with Crippen molar-refractivity contribution >= 4 is 50.3 Å². The van der Waals surface area contributed by atoms with Gasteiger partial charge in [-0.25, -0.2) is 9.97 Å². The highest BCUT2D eigenvalue weighted by Crippen LogP contribution is 2.30. The first-order chi connectivity index (χ1) is 15.7. The summed E-state index contributed by atoms with van der Waals surface area (Å²) in [6, 6.07) is 18.6. The molecule has 0 saturated carbocycles. The number of carbonyl (C=O) groups excluding carboxylic acids is 1. The normalized spacial score (nSPS) is 14.5. The number of hydrogen-bond acceptors (Lipinski definition) is 9. The summed E-state index contributed by atoms with van der Waals surface area (Å²) in [6.07, 6.45) is 1.65. The van der Waals surface area contributed by atoms with E-state index in [1.54, 1.807) is 30.5 Å². The first-order valence-corrected chi connectivity index (χ1v) is 11.2. The van der Waals surface area contributed by atoms with Crippen LogP contribution >= 0.6 is 22.7 Å². The average molecular weight is 456 g/mol. The van der Waals surface area contributed by atoms with E-state index in [1.807, 2.05) is 41.1 Å². The zero-order valence-electron chi connectivity index (χ0n) is 16.3. The van der Waals surface area contributed by atoms with E-state index in [0.717, 1.165) is 11.3 Å². The van der Waals surface area contributed by atoms with Crippen LogP contribution in [0.1, 0.15) is 11.1 Å². The van der Waals surface area contributed by atoms with Gasteiger partial charge in [-0.15, -0.1) is 22.7 Å². The molecule has 0 spiro atoms. The summed E-state index contributed by atoms with van der Waals surface area (Å²) in [5.41, 5.74) is 6.25. The van der Waals surface area contributed by atoms with Crippen LogP contribution in [0.15, 0.2) is 81.8 Å². The number of amides is 1. The van der Waals surface area contributed by atoms with E-state index in [0.29, 0.717) is 27.1 Å². The molecule has 2 aromatic heterocycles. The van der Waals surface area contributed by atoms with Gasteiger partial charge in [0.05, 0.1) is 17.3 Å². The quantitative estimate of drug-likeness (QED) is 0.450. The Hall–Kier alpha value is -4.20. The number of nitriles is 1. The minimum atomic E-state index is -0.401. The summed E-state index contributed by atoms with van der Waals surface area (Å²) >= 11 is 2.69. The molecule has 2 aromatic carbocycles. The fourth-order valence-electron chi connectivity index (χ4n) is 3.01. The van der Waals surface area contributed by atoms with E-state index in [1.165, 1.54) is 27.7 Å². The van der Waals surface area contributed by atoms with Crippen LogP contribution in [0.3, 0.4) is 0 Å². The van der Waals surface area contributed by atoms with Crippen molar-refractivity contribution in [2.24, 2.45) is 10.2 Å². The van der Waals surface area contributed by atoms with Crippen molar-refractivity contribution in [3.8, 4) is 17.3 Å². The van der Waals surface area contributed by atoms with Crippen LogP contribution in [-0.4, -0.2) is 27.3 Å². The molecule has 0 unspecified atom stereocenters. The van der Waals surface area contributed by atoms with Crippen LogP contribution < -0.4 is 10.4 Å². The van der Waals surface area contributed by atoms with Gasteiger partial charge in [-0.3, -0.25) is 10.2 Å². The van der Waals surface area contributed by atoms with Gasteiger partial charge in [0.1, 0.15) is 5.71 Å². The Morgan fingerprint density at radius 3 is 2.56 bits per heavy atom. The second kappa shape index (κ2) is 8.50. The minimum absolute atomic E-state index is 0.140. The van der Waals surface area contributed by atoms with E-state index < -0.39 is 5.91 Å². The van der Waals surface area contributed by atoms with E-state index in [-0.39, 0.29) is 5.71 Å². The Bertz CT molecular complexity index is 1370. The molecule has 0 bridgehead atoms. The molecule has 0 fully saturated rings. The third-order valence-corrected chi connectivity index (χ3v) is 6.04. The molecule has 1 N–H and O–H groups in total. The maximum absolute atomic E-state index is 13.3. The molecule has 10 heteroatoms. The third-order valence-electron chi connectivity index (χ3n) is 4.55. The summed E-state index contributed by atoms with van der Waals surface area (Å²) in [5, 5.41) is 23.9. The Morgan fingerprint density at radius 1 is 1.03 bits per heavy atom. The van der Waals surface area contributed by atoms with Gasteiger partial charge in [-0.1, -0.05) is 42.5 Å². The Morgan fingerprint density at radius 2 is 1.84 bits per heavy atom.